The predicted molar refractivity (Wildman–Crippen MR) is 144 cm³/mol. The highest BCUT2D eigenvalue weighted by Crippen LogP contribution is 2.15. The quantitative estimate of drug-likeness (QED) is 0.276. The predicted octanol–water partition coefficient (Wildman–Crippen LogP) is 4.24. The Morgan fingerprint density at radius 1 is 1.06 bits per heavy atom. The molecule has 1 aliphatic heterocycles. The highest BCUT2D eigenvalue weighted by molar-refractivity contribution is 14.0. The van der Waals surface area contributed by atoms with Gasteiger partial charge in [0.2, 0.25) is 0 Å². The van der Waals surface area contributed by atoms with Crippen LogP contribution >= 0.6 is 24.0 Å². The van der Waals surface area contributed by atoms with E-state index >= 15 is 0 Å². The largest absolute Gasteiger partial charge is 0.354 e. The first-order chi connectivity index (χ1) is 15.1. The van der Waals surface area contributed by atoms with Gasteiger partial charge in [-0.25, -0.2) is 4.98 Å². The minimum absolute atomic E-state index is 0. The summed E-state index contributed by atoms with van der Waals surface area (Å²) in [6, 6.07) is 18.2. The van der Waals surface area contributed by atoms with Gasteiger partial charge >= 0.3 is 0 Å². The van der Waals surface area contributed by atoms with Gasteiger partial charge in [-0.1, -0.05) is 36.4 Å². The van der Waals surface area contributed by atoms with Gasteiger partial charge in [0, 0.05) is 45.3 Å². The molecule has 2 aromatic carbocycles. The van der Waals surface area contributed by atoms with E-state index in [0.717, 1.165) is 50.5 Å². The van der Waals surface area contributed by atoms with Crippen LogP contribution in [0.1, 0.15) is 37.8 Å². The number of halogens is 1. The van der Waals surface area contributed by atoms with E-state index in [4.69, 9.17) is 0 Å². The van der Waals surface area contributed by atoms with E-state index in [1.807, 2.05) is 19.4 Å². The summed E-state index contributed by atoms with van der Waals surface area (Å²) in [4.78, 5) is 11.4. The number of rotatable bonds is 6. The zero-order chi connectivity index (χ0) is 21.6. The maximum Gasteiger partial charge on any atom is 0.191 e. The molecule has 7 heteroatoms. The third-order valence-corrected chi connectivity index (χ3v) is 6.19. The molecule has 0 bridgehead atoms. The lowest BCUT2D eigenvalue weighted by Crippen LogP contribution is -2.49. The smallest absolute Gasteiger partial charge is 0.191 e. The van der Waals surface area contributed by atoms with Crippen LogP contribution in [0, 0.1) is 0 Å². The standard InChI is InChI=1S/C25H34N6.HI/c1-19(2)30-14-12-22(13-15-30)29-25(26-3)27-16-20-8-10-21(11-9-20)17-31-18-28-23-6-4-5-7-24(23)31;/h4-11,18-19,22H,12-17H2,1-3H3,(H2,26,27,29);1H. The van der Waals surface area contributed by atoms with Crippen molar-refractivity contribution in [1.82, 2.24) is 25.1 Å². The maximum absolute atomic E-state index is 4.48. The molecular formula is C25H35IN6. The second kappa shape index (κ2) is 11.7. The molecule has 6 nitrogen and oxygen atoms in total. The summed E-state index contributed by atoms with van der Waals surface area (Å²) in [5.74, 6) is 0.886. The summed E-state index contributed by atoms with van der Waals surface area (Å²) in [7, 11) is 1.84. The van der Waals surface area contributed by atoms with Crippen molar-refractivity contribution in [3.05, 3.63) is 66.0 Å². The van der Waals surface area contributed by atoms with Crippen LogP contribution in [0.4, 0.5) is 0 Å². The molecule has 0 spiro atoms. The lowest BCUT2D eigenvalue weighted by atomic mass is 10.0. The lowest BCUT2D eigenvalue weighted by molar-refractivity contribution is 0.167. The number of likely N-dealkylation sites (tertiary alicyclic amines) is 1. The Morgan fingerprint density at radius 2 is 1.75 bits per heavy atom. The molecular weight excluding hydrogens is 511 g/mol. The number of nitrogens with one attached hydrogen (secondary N) is 2. The Morgan fingerprint density at radius 3 is 2.44 bits per heavy atom. The first-order valence-electron chi connectivity index (χ1n) is 11.3. The number of aromatic nitrogens is 2. The van der Waals surface area contributed by atoms with Gasteiger partial charge in [-0.15, -0.1) is 24.0 Å². The van der Waals surface area contributed by atoms with Gasteiger partial charge in [-0.3, -0.25) is 4.99 Å². The van der Waals surface area contributed by atoms with Crippen molar-refractivity contribution in [2.45, 2.75) is 51.9 Å². The number of hydrogen-bond acceptors (Lipinski definition) is 3. The fourth-order valence-corrected chi connectivity index (χ4v) is 4.23. The third kappa shape index (κ3) is 6.22. The number of benzene rings is 2. The molecule has 1 saturated heterocycles. The van der Waals surface area contributed by atoms with E-state index in [0.29, 0.717) is 12.1 Å². The molecule has 0 radical (unpaired) electrons. The Kier molecular flexibility index (Phi) is 8.92. The van der Waals surface area contributed by atoms with Gasteiger partial charge in [-0.05, 0) is 49.9 Å². The van der Waals surface area contributed by atoms with Crippen LogP contribution in [0.15, 0.2) is 59.9 Å². The number of guanidine groups is 1. The van der Waals surface area contributed by atoms with Gasteiger partial charge in [-0.2, -0.15) is 0 Å². The fraction of sp³-hybridized carbons (Fsp3) is 0.440. The summed E-state index contributed by atoms with van der Waals surface area (Å²) in [6.07, 6.45) is 4.24. The van der Waals surface area contributed by atoms with Gasteiger partial charge in [0.05, 0.1) is 17.4 Å². The molecule has 1 aliphatic rings. The van der Waals surface area contributed by atoms with E-state index in [-0.39, 0.29) is 24.0 Å². The molecule has 1 fully saturated rings. The summed E-state index contributed by atoms with van der Waals surface area (Å²) >= 11 is 0. The topological polar surface area (TPSA) is 57.5 Å². The van der Waals surface area contributed by atoms with Crippen molar-refractivity contribution < 1.29 is 0 Å². The van der Waals surface area contributed by atoms with Gasteiger partial charge in [0.1, 0.15) is 0 Å². The second-order valence-electron chi connectivity index (χ2n) is 8.65. The molecule has 0 unspecified atom stereocenters. The minimum Gasteiger partial charge on any atom is -0.354 e. The van der Waals surface area contributed by atoms with E-state index in [2.05, 4.69) is 86.4 Å². The number of para-hydroxylation sites is 2. The number of imidazole rings is 1. The Hall–Kier alpha value is -2.13. The average molecular weight is 547 g/mol. The van der Waals surface area contributed by atoms with Crippen LogP contribution < -0.4 is 10.6 Å². The molecule has 32 heavy (non-hydrogen) atoms. The van der Waals surface area contributed by atoms with E-state index in [9.17, 15) is 0 Å². The first kappa shape index (κ1) is 24.5. The SMILES string of the molecule is CN=C(NCc1ccc(Cn2cnc3ccccc32)cc1)NC1CCN(C(C)C)CC1.I. The highest BCUT2D eigenvalue weighted by atomic mass is 127. The van der Waals surface area contributed by atoms with Crippen LogP contribution in [0.5, 0.6) is 0 Å². The summed E-state index contributed by atoms with van der Waals surface area (Å²) in [6.45, 7) is 8.44. The first-order valence-corrected chi connectivity index (χ1v) is 11.3. The molecule has 2 heterocycles. The summed E-state index contributed by atoms with van der Waals surface area (Å²) < 4.78 is 2.19. The number of piperidine rings is 1. The van der Waals surface area contributed by atoms with Crippen LogP contribution in [0.2, 0.25) is 0 Å². The number of hydrogen-bond donors (Lipinski definition) is 2. The number of aliphatic imine (C=N–C) groups is 1. The normalized spacial score (nSPS) is 15.7. The van der Waals surface area contributed by atoms with Crippen LogP contribution in [-0.2, 0) is 13.1 Å². The van der Waals surface area contributed by atoms with Crippen molar-refractivity contribution in [2.75, 3.05) is 20.1 Å². The lowest BCUT2D eigenvalue weighted by Gasteiger charge is -2.35. The minimum atomic E-state index is 0. The molecule has 0 atom stereocenters. The van der Waals surface area contributed by atoms with Gasteiger partial charge in [0.25, 0.3) is 0 Å². The molecule has 172 valence electrons. The molecule has 3 aromatic rings. The number of nitrogens with zero attached hydrogens (tertiary/aromatic N) is 4. The zero-order valence-corrected chi connectivity index (χ0v) is 21.6. The zero-order valence-electron chi connectivity index (χ0n) is 19.3. The van der Waals surface area contributed by atoms with Gasteiger partial charge in [0.15, 0.2) is 5.96 Å². The molecule has 2 N–H and O–H groups in total. The van der Waals surface area contributed by atoms with E-state index < -0.39 is 0 Å². The third-order valence-electron chi connectivity index (χ3n) is 6.19. The second-order valence-corrected chi connectivity index (χ2v) is 8.65. The van der Waals surface area contributed by atoms with Crippen molar-refractivity contribution in [2.24, 2.45) is 4.99 Å². The average Bonchev–Trinajstić information content (AvgIpc) is 3.20. The highest BCUT2D eigenvalue weighted by Gasteiger charge is 2.21. The fourth-order valence-electron chi connectivity index (χ4n) is 4.23. The van der Waals surface area contributed by atoms with Crippen molar-refractivity contribution >= 4 is 41.0 Å². The molecule has 0 aliphatic carbocycles. The molecule has 0 saturated carbocycles. The van der Waals surface area contributed by atoms with Crippen LogP contribution in [-0.4, -0.2) is 52.6 Å². The Balaban J connectivity index is 0.00000289. The van der Waals surface area contributed by atoms with Crippen LogP contribution in [0.25, 0.3) is 11.0 Å². The van der Waals surface area contributed by atoms with Crippen LogP contribution in [0.3, 0.4) is 0 Å². The van der Waals surface area contributed by atoms with E-state index in [1.165, 1.54) is 16.6 Å². The Bertz CT molecular complexity index is 1000. The van der Waals surface area contributed by atoms with E-state index in [1.54, 1.807) is 0 Å². The number of fused-ring (bicyclic) bond motifs is 1. The monoisotopic (exact) mass is 546 g/mol. The maximum atomic E-state index is 4.48. The molecule has 0 amide bonds. The van der Waals surface area contributed by atoms with Crippen molar-refractivity contribution in [3.8, 4) is 0 Å². The summed E-state index contributed by atoms with van der Waals surface area (Å²) in [5, 5.41) is 7.06. The molecule has 1 aromatic heterocycles. The molecule has 4 rings (SSSR count). The van der Waals surface area contributed by atoms with Gasteiger partial charge < -0.3 is 20.1 Å². The Labute approximate surface area is 208 Å². The van der Waals surface area contributed by atoms with Crippen molar-refractivity contribution in [3.63, 3.8) is 0 Å². The summed E-state index contributed by atoms with van der Waals surface area (Å²) in [5.41, 5.74) is 4.72. The van der Waals surface area contributed by atoms with Crippen molar-refractivity contribution in [1.29, 1.82) is 0 Å².